The van der Waals surface area contributed by atoms with E-state index in [-0.39, 0.29) is 10.8 Å². The summed E-state index contributed by atoms with van der Waals surface area (Å²) < 4.78 is 23.3. The Morgan fingerprint density at radius 1 is 1.22 bits per heavy atom. The first kappa shape index (κ1) is 16.5. The summed E-state index contributed by atoms with van der Waals surface area (Å²) in [6.07, 6.45) is 5.78. The van der Waals surface area contributed by atoms with Crippen LogP contribution in [0, 0.1) is 5.92 Å². The van der Waals surface area contributed by atoms with Crippen LogP contribution < -0.4 is 5.32 Å². The second-order valence-electron chi connectivity index (χ2n) is 6.72. The second kappa shape index (κ2) is 6.61. The summed E-state index contributed by atoms with van der Waals surface area (Å²) in [5.74, 6) is 0.796. The van der Waals surface area contributed by atoms with Gasteiger partial charge in [0.1, 0.15) is 0 Å². The molecule has 126 valence electrons. The van der Waals surface area contributed by atoms with Crippen LogP contribution in [0.1, 0.15) is 36.0 Å². The Morgan fingerprint density at radius 2 is 1.91 bits per heavy atom. The highest BCUT2D eigenvalue weighted by Crippen LogP contribution is 2.28. The van der Waals surface area contributed by atoms with Crippen LogP contribution in [0.2, 0.25) is 0 Å². The third-order valence-corrected chi connectivity index (χ3v) is 5.79. The molecule has 3 rings (SSSR count). The summed E-state index contributed by atoms with van der Waals surface area (Å²) in [4.78, 5) is 14.6. The Morgan fingerprint density at radius 3 is 2.52 bits per heavy atom. The normalized spacial score (nSPS) is 19.8. The van der Waals surface area contributed by atoms with E-state index in [1.54, 1.807) is 12.1 Å². The second-order valence-corrected chi connectivity index (χ2v) is 8.73. The van der Waals surface area contributed by atoms with Crippen LogP contribution in [0.15, 0.2) is 29.2 Å². The van der Waals surface area contributed by atoms with E-state index in [1.165, 1.54) is 25.0 Å². The number of sulfone groups is 1. The van der Waals surface area contributed by atoms with E-state index in [9.17, 15) is 13.2 Å². The van der Waals surface area contributed by atoms with E-state index in [2.05, 4.69) is 5.32 Å². The number of carbonyl (C=O) groups excluding carboxylic acids is 1. The fourth-order valence-electron chi connectivity index (χ4n) is 2.98. The van der Waals surface area contributed by atoms with Gasteiger partial charge in [0.05, 0.1) is 4.90 Å². The van der Waals surface area contributed by atoms with Gasteiger partial charge in [-0.2, -0.15) is 0 Å². The molecule has 1 saturated heterocycles. The zero-order valence-electron chi connectivity index (χ0n) is 13.5. The molecule has 0 unspecified atom stereocenters. The minimum atomic E-state index is -3.29. The van der Waals surface area contributed by atoms with Crippen LogP contribution in [0.5, 0.6) is 0 Å². The van der Waals surface area contributed by atoms with Gasteiger partial charge in [0, 0.05) is 31.0 Å². The van der Waals surface area contributed by atoms with Crippen molar-refractivity contribution in [3.63, 3.8) is 0 Å². The Bertz CT molecular complexity index is 675. The summed E-state index contributed by atoms with van der Waals surface area (Å²) >= 11 is 0. The van der Waals surface area contributed by atoms with E-state index in [0.717, 1.165) is 44.6 Å². The van der Waals surface area contributed by atoms with Crippen molar-refractivity contribution in [2.45, 2.75) is 36.6 Å². The predicted molar refractivity (Wildman–Crippen MR) is 89.2 cm³/mol. The molecule has 2 fully saturated rings. The number of hydrogen-bond donors (Lipinski definition) is 1. The number of benzene rings is 1. The van der Waals surface area contributed by atoms with Gasteiger partial charge in [-0.3, -0.25) is 4.79 Å². The fourth-order valence-corrected chi connectivity index (χ4v) is 3.65. The summed E-state index contributed by atoms with van der Waals surface area (Å²) in [5.41, 5.74) is 0.456. The molecule has 1 aromatic rings. The molecule has 1 aliphatic heterocycles. The number of piperidine rings is 1. The van der Waals surface area contributed by atoms with E-state index in [1.807, 2.05) is 4.90 Å². The van der Waals surface area contributed by atoms with Gasteiger partial charge < -0.3 is 10.2 Å². The van der Waals surface area contributed by atoms with Crippen LogP contribution in [0.4, 0.5) is 0 Å². The molecule has 0 aromatic heterocycles. The maximum absolute atomic E-state index is 12.6. The van der Waals surface area contributed by atoms with Crippen molar-refractivity contribution in [3.8, 4) is 0 Å². The molecular formula is C17H24N2O3S. The average molecular weight is 336 g/mol. The number of nitrogens with one attached hydrogen (secondary N) is 1. The first-order valence-electron chi connectivity index (χ1n) is 8.26. The molecule has 0 bridgehead atoms. The molecule has 1 aliphatic carbocycles. The molecule has 1 amide bonds. The monoisotopic (exact) mass is 336 g/mol. The number of carbonyl (C=O) groups is 1. The van der Waals surface area contributed by atoms with Gasteiger partial charge in [-0.1, -0.05) is 6.07 Å². The molecule has 23 heavy (non-hydrogen) atoms. The van der Waals surface area contributed by atoms with Crippen LogP contribution >= 0.6 is 0 Å². The van der Waals surface area contributed by atoms with Crippen LogP contribution in [-0.2, 0) is 9.84 Å². The van der Waals surface area contributed by atoms with Crippen molar-refractivity contribution in [3.05, 3.63) is 29.8 Å². The molecule has 1 saturated carbocycles. The average Bonchev–Trinajstić information content (AvgIpc) is 3.36. The summed E-state index contributed by atoms with van der Waals surface area (Å²) in [6.45, 7) is 2.56. The van der Waals surface area contributed by atoms with E-state index in [0.29, 0.717) is 11.6 Å². The summed E-state index contributed by atoms with van der Waals surface area (Å²) in [6, 6.07) is 6.83. The molecule has 5 nitrogen and oxygen atoms in total. The third-order valence-electron chi connectivity index (χ3n) is 4.68. The SMILES string of the molecule is CS(=O)(=O)c1cccc(C(=O)N2CCC(NCC3CC3)CC2)c1. The van der Waals surface area contributed by atoms with Gasteiger partial charge in [0.2, 0.25) is 0 Å². The Labute approximate surface area is 138 Å². The lowest BCUT2D eigenvalue weighted by atomic mass is 10.0. The minimum absolute atomic E-state index is 0.0730. The highest BCUT2D eigenvalue weighted by molar-refractivity contribution is 7.90. The van der Waals surface area contributed by atoms with Crippen molar-refractivity contribution in [2.75, 3.05) is 25.9 Å². The van der Waals surface area contributed by atoms with Crippen LogP contribution in [0.25, 0.3) is 0 Å². The molecule has 0 atom stereocenters. The van der Waals surface area contributed by atoms with E-state index in [4.69, 9.17) is 0 Å². The van der Waals surface area contributed by atoms with Gasteiger partial charge in [0.25, 0.3) is 5.91 Å². The quantitative estimate of drug-likeness (QED) is 0.889. The molecule has 2 aliphatic rings. The number of hydrogen-bond acceptors (Lipinski definition) is 4. The zero-order valence-corrected chi connectivity index (χ0v) is 14.3. The first-order chi connectivity index (χ1) is 10.9. The fraction of sp³-hybridized carbons (Fsp3) is 0.588. The summed E-state index contributed by atoms with van der Waals surface area (Å²) in [7, 11) is -3.29. The maximum Gasteiger partial charge on any atom is 0.253 e. The highest BCUT2D eigenvalue weighted by atomic mass is 32.2. The number of likely N-dealkylation sites (tertiary alicyclic amines) is 1. The van der Waals surface area contributed by atoms with Crippen molar-refractivity contribution in [2.24, 2.45) is 5.92 Å². The highest BCUT2D eigenvalue weighted by Gasteiger charge is 2.26. The Balaban J connectivity index is 1.58. The van der Waals surface area contributed by atoms with Crippen molar-refractivity contribution in [1.29, 1.82) is 0 Å². The molecule has 1 heterocycles. The molecule has 1 N–H and O–H groups in total. The number of amides is 1. The topological polar surface area (TPSA) is 66.5 Å². The zero-order chi connectivity index (χ0) is 16.4. The lowest BCUT2D eigenvalue weighted by Gasteiger charge is -2.32. The van der Waals surface area contributed by atoms with Gasteiger partial charge in [0.15, 0.2) is 9.84 Å². The maximum atomic E-state index is 12.6. The van der Waals surface area contributed by atoms with Gasteiger partial charge >= 0.3 is 0 Å². The lowest BCUT2D eigenvalue weighted by Crippen LogP contribution is -2.45. The van der Waals surface area contributed by atoms with Crippen LogP contribution in [0.3, 0.4) is 0 Å². The van der Waals surface area contributed by atoms with Crippen LogP contribution in [-0.4, -0.2) is 51.2 Å². The first-order valence-corrected chi connectivity index (χ1v) is 10.2. The Kier molecular flexibility index (Phi) is 4.73. The van der Waals surface area contributed by atoms with E-state index >= 15 is 0 Å². The molecule has 0 radical (unpaired) electrons. The number of nitrogens with zero attached hydrogens (tertiary/aromatic N) is 1. The van der Waals surface area contributed by atoms with Crippen molar-refractivity contribution >= 4 is 15.7 Å². The smallest absolute Gasteiger partial charge is 0.253 e. The standard InChI is InChI=1S/C17H24N2O3S/c1-23(21,22)16-4-2-3-14(11-16)17(20)19-9-7-15(8-10-19)18-12-13-5-6-13/h2-4,11,13,15,18H,5-10,12H2,1H3. The van der Waals surface area contributed by atoms with Crippen molar-refractivity contribution < 1.29 is 13.2 Å². The number of rotatable bonds is 5. The molecular weight excluding hydrogens is 312 g/mol. The van der Waals surface area contributed by atoms with Gasteiger partial charge in [-0.15, -0.1) is 0 Å². The van der Waals surface area contributed by atoms with Gasteiger partial charge in [-0.05, 0) is 56.3 Å². The molecule has 6 heteroatoms. The minimum Gasteiger partial charge on any atom is -0.339 e. The summed E-state index contributed by atoms with van der Waals surface area (Å²) in [5, 5.41) is 3.59. The van der Waals surface area contributed by atoms with Gasteiger partial charge in [-0.25, -0.2) is 8.42 Å². The van der Waals surface area contributed by atoms with E-state index < -0.39 is 9.84 Å². The lowest BCUT2D eigenvalue weighted by molar-refractivity contribution is 0.0704. The largest absolute Gasteiger partial charge is 0.339 e. The Hall–Kier alpha value is -1.40. The molecule has 1 aromatic carbocycles. The third kappa shape index (κ3) is 4.32. The molecule has 0 spiro atoms. The van der Waals surface area contributed by atoms with Crippen molar-refractivity contribution in [1.82, 2.24) is 10.2 Å². The predicted octanol–water partition coefficient (Wildman–Crippen LogP) is 1.69.